The van der Waals surface area contributed by atoms with E-state index in [1.165, 1.54) is 0 Å². The lowest BCUT2D eigenvalue weighted by molar-refractivity contribution is -0.151. The molecule has 1 saturated carbocycles. The summed E-state index contributed by atoms with van der Waals surface area (Å²) in [6.07, 6.45) is 3.41. The van der Waals surface area contributed by atoms with Crippen LogP contribution in [0.4, 0.5) is 0 Å². The molecule has 6 nitrogen and oxygen atoms in total. The van der Waals surface area contributed by atoms with Crippen molar-refractivity contribution in [2.45, 2.75) is 65.0 Å². The number of esters is 1. The standard InChI is InChI=1S/C15H26N4O2/c1-5-9-16-15(14(20)21-6-2)8-7-13(10-15)19-12(4)17-11(3)18-19/h13,16H,5-10H2,1-4H3. The number of hydrogen-bond acceptors (Lipinski definition) is 5. The second-order valence-corrected chi connectivity index (χ2v) is 5.78. The van der Waals surface area contributed by atoms with Gasteiger partial charge in [0.25, 0.3) is 0 Å². The minimum atomic E-state index is -0.566. The van der Waals surface area contributed by atoms with Gasteiger partial charge in [0, 0.05) is 0 Å². The SMILES string of the molecule is CCCNC1(C(=O)OCC)CCC(n2nc(C)nc2C)C1. The molecule has 2 rings (SSSR count). The fourth-order valence-electron chi connectivity index (χ4n) is 3.16. The molecule has 1 heterocycles. The zero-order valence-electron chi connectivity index (χ0n) is 13.5. The van der Waals surface area contributed by atoms with Gasteiger partial charge in [-0.25, -0.2) is 9.67 Å². The number of nitrogens with one attached hydrogen (secondary N) is 1. The molecule has 6 heteroatoms. The molecule has 0 saturated heterocycles. The lowest BCUT2D eigenvalue weighted by atomic mass is 9.97. The summed E-state index contributed by atoms with van der Waals surface area (Å²) < 4.78 is 7.26. The van der Waals surface area contributed by atoms with Gasteiger partial charge in [-0.05, 0) is 53.0 Å². The third kappa shape index (κ3) is 3.26. The lowest BCUT2D eigenvalue weighted by Crippen LogP contribution is -2.51. The van der Waals surface area contributed by atoms with Crippen LogP contribution in [0.15, 0.2) is 0 Å². The van der Waals surface area contributed by atoms with Crippen molar-refractivity contribution in [3.8, 4) is 0 Å². The predicted octanol–water partition coefficient (Wildman–Crippen LogP) is 1.92. The fraction of sp³-hybridized carbons (Fsp3) is 0.800. The molecule has 21 heavy (non-hydrogen) atoms. The predicted molar refractivity (Wildman–Crippen MR) is 80.0 cm³/mol. The van der Waals surface area contributed by atoms with Crippen LogP contribution in [0, 0.1) is 13.8 Å². The van der Waals surface area contributed by atoms with Crippen LogP contribution in [0.5, 0.6) is 0 Å². The van der Waals surface area contributed by atoms with Crippen molar-refractivity contribution in [3.63, 3.8) is 0 Å². The van der Waals surface area contributed by atoms with E-state index in [-0.39, 0.29) is 12.0 Å². The molecule has 0 radical (unpaired) electrons. The van der Waals surface area contributed by atoms with E-state index in [1.54, 1.807) is 0 Å². The van der Waals surface area contributed by atoms with Crippen LogP contribution in [-0.2, 0) is 9.53 Å². The Balaban J connectivity index is 2.17. The highest BCUT2D eigenvalue weighted by Crippen LogP contribution is 2.38. The van der Waals surface area contributed by atoms with Gasteiger partial charge >= 0.3 is 5.97 Å². The van der Waals surface area contributed by atoms with Crippen molar-refractivity contribution < 1.29 is 9.53 Å². The van der Waals surface area contributed by atoms with Gasteiger partial charge < -0.3 is 10.1 Å². The number of nitrogens with zero attached hydrogens (tertiary/aromatic N) is 3. The van der Waals surface area contributed by atoms with E-state index >= 15 is 0 Å². The lowest BCUT2D eigenvalue weighted by Gasteiger charge is -2.28. The van der Waals surface area contributed by atoms with E-state index in [0.717, 1.165) is 43.9 Å². The van der Waals surface area contributed by atoms with Crippen LogP contribution in [0.25, 0.3) is 0 Å². The molecule has 0 amide bonds. The van der Waals surface area contributed by atoms with E-state index in [1.807, 2.05) is 25.5 Å². The Kier molecular flexibility index (Phi) is 4.98. The third-order valence-electron chi connectivity index (χ3n) is 4.12. The summed E-state index contributed by atoms with van der Waals surface area (Å²) >= 11 is 0. The fourth-order valence-corrected chi connectivity index (χ4v) is 3.16. The molecule has 1 N–H and O–H groups in total. The minimum absolute atomic E-state index is 0.129. The number of hydrogen-bond donors (Lipinski definition) is 1. The highest BCUT2D eigenvalue weighted by molar-refractivity contribution is 5.81. The summed E-state index contributed by atoms with van der Waals surface area (Å²) in [5, 5.41) is 7.89. The number of carbonyl (C=O) groups is 1. The maximum atomic E-state index is 12.4. The quantitative estimate of drug-likeness (QED) is 0.812. The van der Waals surface area contributed by atoms with Crippen molar-refractivity contribution in [3.05, 3.63) is 11.6 Å². The van der Waals surface area contributed by atoms with E-state index in [4.69, 9.17) is 4.74 Å². The Hall–Kier alpha value is -1.43. The molecule has 1 aliphatic carbocycles. The van der Waals surface area contributed by atoms with Crippen molar-refractivity contribution in [1.82, 2.24) is 20.1 Å². The van der Waals surface area contributed by atoms with Gasteiger partial charge in [0.15, 0.2) is 0 Å². The molecular weight excluding hydrogens is 268 g/mol. The Morgan fingerprint density at radius 2 is 2.24 bits per heavy atom. The zero-order valence-corrected chi connectivity index (χ0v) is 13.5. The molecule has 1 aliphatic rings. The topological polar surface area (TPSA) is 69.0 Å². The average Bonchev–Trinajstić information content (AvgIpc) is 3.01. The molecule has 0 spiro atoms. The molecule has 118 valence electrons. The summed E-state index contributed by atoms with van der Waals surface area (Å²) in [7, 11) is 0. The first-order valence-electron chi connectivity index (χ1n) is 7.84. The van der Waals surface area contributed by atoms with Crippen LogP contribution in [-0.4, -0.2) is 39.4 Å². The molecule has 1 fully saturated rings. The summed E-state index contributed by atoms with van der Waals surface area (Å²) in [5.41, 5.74) is -0.566. The van der Waals surface area contributed by atoms with Gasteiger partial charge in [-0.15, -0.1) is 0 Å². The van der Waals surface area contributed by atoms with Gasteiger partial charge in [0.05, 0.1) is 12.6 Å². The molecule has 2 atom stereocenters. The molecule has 0 bridgehead atoms. The van der Waals surface area contributed by atoms with Crippen molar-refractivity contribution >= 4 is 5.97 Å². The number of aryl methyl sites for hydroxylation is 2. The number of carbonyl (C=O) groups excluding carboxylic acids is 1. The Labute approximate surface area is 126 Å². The normalized spacial score (nSPS) is 25.2. The van der Waals surface area contributed by atoms with Crippen LogP contribution in [0.3, 0.4) is 0 Å². The van der Waals surface area contributed by atoms with Crippen molar-refractivity contribution in [2.24, 2.45) is 0 Å². The van der Waals surface area contributed by atoms with Gasteiger partial charge in [-0.3, -0.25) is 4.79 Å². The molecule has 1 aromatic rings. The minimum Gasteiger partial charge on any atom is -0.465 e. The van der Waals surface area contributed by atoms with Crippen LogP contribution in [0.1, 0.15) is 57.2 Å². The first-order chi connectivity index (χ1) is 10.0. The summed E-state index contributed by atoms with van der Waals surface area (Å²) in [5.74, 6) is 1.56. The van der Waals surface area contributed by atoms with E-state index in [0.29, 0.717) is 6.61 Å². The van der Waals surface area contributed by atoms with Gasteiger partial charge in [0.1, 0.15) is 17.2 Å². The maximum absolute atomic E-state index is 12.4. The Morgan fingerprint density at radius 1 is 1.48 bits per heavy atom. The first-order valence-corrected chi connectivity index (χ1v) is 7.84. The molecule has 1 aromatic heterocycles. The average molecular weight is 294 g/mol. The Morgan fingerprint density at radius 3 is 2.81 bits per heavy atom. The number of rotatable bonds is 6. The highest BCUT2D eigenvalue weighted by Gasteiger charge is 2.47. The smallest absolute Gasteiger partial charge is 0.326 e. The van der Waals surface area contributed by atoms with Crippen LogP contribution in [0.2, 0.25) is 0 Å². The Bertz CT molecular complexity index is 500. The molecule has 0 aromatic carbocycles. The van der Waals surface area contributed by atoms with Gasteiger partial charge in [-0.2, -0.15) is 5.10 Å². The first kappa shape index (κ1) is 15.9. The second-order valence-electron chi connectivity index (χ2n) is 5.78. The highest BCUT2D eigenvalue weighted by atomic mass is 16.5. The van der Waals surface area contributed by atoms with Gasteiger partial charge in [-0.1, -0.05) is 6.92 Å². The third-order valence-corrected chi connectivity index (χ3v) is 4.12. The molecule has 0 aliphatic heterocycles. The van der Waals surface area contributed by atoms with Gasteiger partial charge in [0.2, 0.25) is 0 Å². The van der Waals surface area contributed by atoms with E-state index in [9.17, 15) is 4.79 Å². The van der Waals surface area contributed by atoms with Crippen LogP contribution < -0.4 is 5.32 Å². The summed E-state index contributed by atoms with van der Waals surface area (Å²) in [6, 6.07) is 0.208. The second kappa shape index (κ2) is 6.56. The zero-order chi connectivity index (χ0) is 15.5. The summed E-state index contributed by atoms with van der Waals surface area (Å²) in [4.78, 5) is 16.8. The van der Waals surface area contributed by atoms with E-state index < -0.39 is 5.54 Å². The van der Waals surface area contributed by atoms with Crippen LogP contribution >= 0.6 is 0 Å². The van der Waals surface area contributed by atoms with E-state index in [2.05, 4.69) is 22.3 Å². The molecular formula is C15H26N4O2. The number of aromatic nitrogens is 3. The van der Waals surface area contributed by atoms with Crippen molar-refractivity contribution in [2.75, 3.05) is 13.2 Å². The van der Waals surface area contributed by atoms with Crippen molar-refractivity contribution in [1.29, 1.82) is 0 Å². The number of ether oxygens (including phenoxy) is 1. The monoisotopic (exact) mass is 294 g/mol. The summed E-state index contributed by atoms with van der Waals surface area (Å²) in [6.45, 7) is 9.05. The molecule has 2 unspecified atom stereocenters. The maximum Gasteiger partial charge on any atom is 0.326 e. The largest absolute Gasteiger partial charge is 0.465 e.